The number of hydrogen-bond acceptors (Lipinski definition) is 5. The minimum absolute atomic E-state index is 0.0970. The maximum Gasteiger partial charge on any atom is 0.266 e. The predicted molar refractivity (Wildman–Crippen MR) is 99.6 cm³/mol. The van der Waals surface area contributed by atoms with E-state index in [1.54, 1.807) is 37.0 Å². The SMILES string of the molecule is Cc1[nH]c(=O)c(C#N)c(C)c1CCC(=O)Nc1ccc(-n2cncn2)cc1. The van der Waals surface area contributed by atoms with Gasteiger partial charge in [0, 0.05) is 17.8 Å². The minimum Gasteiger partial charge on any atom is -0.326 e. The Labute approximate surface area is 155 Å². The standard InChI is InChI=1S/C19H18N6O2/c1-12-16(13(2)23-19(27)17(12)9-20)7-8-18(26)24-14-3-5-15(6-4-14)25-11-21-10-22-25/h3-6,10-11H,7-8H2,1-2H3,(H,23,27)(H,24,26). The zero-order valence-corrected chi connectivity index (χ0v) is 15.0. The number of aromatic nitrogens is 4. The second-order valence-corrected chi connectivity index (χ2v) is 6.10. The number of anilines is 1. The number of benzene rings is 1. The molecular formula is C19H18N6O2. The molecule has 27 heavy (non-hydrogen) atoms. The number of carbonyl (C=O) groups is 1. The molecule has 8 heteroatoms. The van der Waals surface area contributed by atoms with E-state index in [1.807, 2.05) is 18.2 Å². The number of amides is 1. The third-order valence-electron chi connectivity index (χ3n) is 4.36. The first kappa shape index (κ1) is 18.1. The number of aryl methyl sites for hydroxylation is 1. The van der Waals surface area contributed by atoms with E-state index in [2.05, 4.69) is 20.4 Å². The van der Waals surface area contributed by atoms with Crippen LogP contribution in [0.5, 0.6) is 0 Å². The molecule has 2 heterocycles. The van der Waals surface area contributed by atoms with Crippen molar-refractivity contribution < 1.29 is 4.79 Å². The van der Waals surface area contributed by atoms with E-state index in [0.29, 0.717) is 23.4 Å². The van der Waals surface area contributed by atoms with Gasteiger partial charge in [0.15, 0.2) is 0 Å². The molecule has 0 fully saturated rings. The van der Waals surface area contributed by atoms with E-state index >= 15 is 0 Å². The van der Waals surface area contributed by atoms with Crippen LogP contribution in [-0.4, -0.2) is 25.7 Å². The lowest BCUT2D eigenvalue weighted by Gasteiger charge is -2.11. The van der Waals surface area contributed by atoms with Crippen molar-refractivity contribution in [2.75, 3.05) is 5.32 Å². The van der Waals surface area contributed by atoms with Gasteiger partial charge in [-0.1, -0.05) is 0 Å². The molecule has 0 radical (unpaired) electrons. The highest BCUT2D eigenvalue weighted by atomic mass is 16.1. The zero-order valence-electron chi connectivity index (χ0n) is 15.0. The maximum atomic E-state index is 12.3. The fraction of sp³-hybridized carbons (Fsp3) is 0.211. The van der Waals surface area contributed by atoms with Crippen LogP contribution in [0.4, 0.5) is 5.69 Å². The highest BCUT2D eigenvalue weighted by Gasteiger charge is 2.13. The van der Waals surface area contributed by atoms with Gasteiger partial charge in [-0.25, -0.2) is 9.67 Å². The van der Waals surface area contributed by atoms with Crippen LogP contribution in [0.15, 0.2) is 41.7 Å². The number of carbonyl (C=O) groups excluding carboxylic acids is 1. The number of H-pyrrole nitrogens is 1. The van der Waals surface area contributed by atoms with Crippen LogP contribution in [0, 0.1) is 25.2 Å². The molecular weight excluding hydrogens is 344 g/mol. The Morgan fingerprint density at radius 1 is 1.30 bits per heavy atom. The normalized spacial score (nSPS) is 10.4. The number of nitriles is 1. The zero-order chi connectivity index (χ0) is 19.4. The first-order valence-electron chi connectivity index (χ1n) is 8.37. The second-order valence-electron chi connectivity index (χ2n) is 6.10. The van der Waals surface area contributed by atoms with Crippen LogP contribution in [0.3, 0.4) is 0 Å². The van der Waals surface area contributed by atoms with Crippen molar-refractivity contribution in [3.05, 3.63) is 69.7 Å². The molecule has 3 rings (SSSR count). The maximum absolute atomic E-state index is 12.3. The fourth-order valence-electron chi connectivity index (χ4n) is 2.92. The molecule has 0 aliphatic carbocycles. The Morgan fingerprint density at radius 3 is 2.67 bits per heavy atom. The summed E-state index contributed by atoms with van der Waals surface area (Å²) in [7, 11) is 0. The molecule has 0 aliphatic rings. The smallest absolute Gasteiger partial charge is 0.266 e. The Kier molecular flexibility index (Phi) is 5.13. The summed E-state index contributed by atoms with van der Waals surface area (Å²) in [6, 6.07) is 9.17. The van der Waals surface area contributed by atoms with E-state index in [-0.39, 0.29) is 17.9 Å². The Balaban J connectivity index is 1.65. The summed E-state index contributed by atoms with van der Waals surface area (Å²) in [6.07, 6.45) is 3.72. The van der Waals surface area contributed by atoms with Gasteiger partial charge in [-0.05, 0) is 55.7 Å². The highest BCUT2D eigenvalue weighted by molar-refractivity contribution is 5.90. The molecule has 0 spiro atoms. The summed E-state index contributed by atoms with van der Waals surface area (Å²) in [5.74, 6) is -0.146. The molecule has 3 aromatic rings. The lowest BCUT2D eigenvalue weighted by molar-refractivity contribution is -0.116. The van der Waals surface area contributed by atoms with Crippen LogP contribution in [0.1, 0.15) is 28.8 Å². The topological polar surface area (TPSA) is 116 Å². The molecule has 0 atom stereocenters. The van der Waals surface area contributed by atoms with Gasteiger partial charge < -0.3 is 10.3 Å². The fourth-order valence-corrected chi connectivity index (χ4v) is 2.92. The summed E-state index contributed by atoms with van der Waals surface area (Å²) in [4.78, 5) is 30.6. The van der Waals surface area contributed by atoms with Crippen LogP contribution in [-0.2, 0) is 11.2 Å². The van der Waals surface area contributed by atoms with Gasteiger partial charge in [-0.2, -0.15) is 10.4 Å². The van der Waals surface area contributed by atoms with E-state index in [9.17, 15) is 9.59 Å². The summed E-state index contributed by atoms with van der Waals surface area (Å²) in [5, 5.41) is 16.0. The van der Waals surface area contributed by atoms with Gasteiger partial charge >= 0.3 is 0 Å². The van der Waals surface area contributed by atoms with Crippen LogP contribution in [0.2, 0.25) is 0 Å². The Bertz CT molecular complexity index is 1060. The first-order chi connectivity index (χ1) is 13.0. The lowest BCUT2D eigenvalue weighted by Crippen LogP contribution is -2.18. The predicted octanol–water partition coefficient (Wildman–Crippen LogP) is 2.02. The molecule has 0 saturated heterocycles. The Hall–Kier alpha value is -3.73. The number of rotatable bonds is 5. The molecule has 0 unspecified atom stereocenters. The molecule has 0 saturated carbocycles. The molecule has 2 aromatic heterocycles. The van der Waals surface area contributed by atoms with Crippen molar-refractivity contribution in [3.8, 4) is 11.8 Å². The molecule has 136 valence electrons. The average molecular weight is 362 g/mol. The average Bonchev–Trinajstić information content (AvgIpc) is 3.17. The quantitative estimate of drug-likeness (QED) is 0.720. The largest absolute Gasteiger partial charge is 0.326 e. The third kappa shape index (κ3) is 3.93. The third-order valence-corrected chi connectivity index (χ3v) is 4.36. The Morgan fingerprint density at radius 2 is 2.04 bits per heavy atom. The number of nitrogens with one attached hydrogen (secondary N) is 2. The van der Waals surface area contributed by atoms with Crippen molar-refractivity contribution in [3.63, 3.8) is 0 Å². The highest BCUT2D eigenvalue weighted by Crippen LogP contribution is 2.16. The molecule has 0 aliphatic heterocycles. The number of nitrogens with zero attached hydrogens (tertiary/aromatic N) is 4. The molecule has 2 N–H and O–H groups in total. The van der Waals surface area contributed by atoms with Gasteiger partial charge in [0.1, 0.15) is 24.3 Å². The van der Waals surface area contributed by atoms with Gasteiger partial charge in [-0.15, -0.1) is 0 Å². The van der Waals surface area contributed by atoms with Crippen molar-refractivity contribution in [1.29, 1.82) is 5.26 Å². The molecule has 1 amide bonds. The van der Waals surface area contributed by atoms with Crippen LogP contribution < -0.4 is 10.9 Å². The van der Waals surface area contributed by atoms with Gasteiger partial charge in [0.05, 0.1) is 5.69 Å². The van der Waals surface area contributed by atoms with Crippen LogP contribution >= 0.6 is 0 Å². The van der Waals surface area contributed by atoms with Gasteiger partial charge in [0.25, 0.3) is 5.56 Å². The van der Waals surface area contributed by atoms with Gasteiger partial charge in [-0.3, -0.25) is 9.59 Å². The van der Waals surface area contributed by atoms with Crippen molar-refractivity contribution in [2.45, 2.75) is 26.7 Å². The van der Waals surface area contributed by atoms with E-state index in [4.69, 9.17) is 5.26 Å². The molecule has 8 nitrogen and oxygen atoms in total. The van der Waals surface area contributed by atoms with E-state index in [1.165, 1.54) is 6.33 Å². The monoisotopic (exact) mass is 362 g/mol. The second kappa shape index (κ2) is 7.66. The number of pyridine rings is 1. The summed E-state index contributed by atoms with van der Waals surface area (Å²) < 4.78 is 1.63. The first-order valence-corrected chi connectivity index (χ1v) is 8.37. The van der Waals surface area contributed by atoms with Crippen molar-refractivity contribution in [1.82, 2.24) is 19.7 Å². The summed E-state index contributed by atoms with van der Waals surface area (Å²) in [5.41, 5.74) is 3.35. The number of hydrogen-bond donors (Lipinski definition) is 2. The minimum atomic E-state index is -0.395. The van der Waals surface area contributed by atoms with Crippen molar-refractivity contribution in [2.24, 2.45) is 0 Å². The molecule has 0 bridgehead atoms. The summed E-state index contributed by atoms with van der Waals surface area (Å²) in [6.45, 7) is 3.50. The summed E-state index contributed by atoms with van der Waals surface area (Å²) >= 11 is 0. The van der Waals surface area contributed by atoms with Gasteiger partial charge in [0.2, 0.25) is 5.91 Å². The molecule has 1 aromatic carbocycles. The van der Waals surface area contributed by atoms with E-state index in [0.717, 1.165) is 11.3 Å². The number of aromatic amines is 1. The van der Waals surface area contributed by atoms with Crippen LogP contribution in [0.25, 0.3) is 5.69 Å². The van der Waals surface area contributed by atoms with E-state index < -0.39 is 5.56 Å². The van der Waals surface area contributed by atoms with Crippen molar-refractivity contribution >= 4 is 11.6 Å². The lowest BCUT2D eigenvalue weighted by atomic mass is 9.99.